The molecule has 1 aliphatic carbocycles. The van der Waals surface area contributed by atoms with Gasteiger partial charge in [0.2, 0.25) is 11.5 Å². The number of esters is 3. The minimum absolute atomic E-state index is 0.152. The van der Waals surface area contributed by atoms with Crippen molar-refractivity contribution in [1.82, 2.24) is 14.8 Å². The number of nitrogens with zero attached hydrogens (tertiary/aromatic N) is 2. The fraction of sp³-hybridized carbons (Fsp3) is 0.568. The SMILES string of the molecule is CC[C@]12C=CCN3CC[C@@]4(c5cc([C@@]6(C(=O)OC)C[C@H]7C[C@@H](C(C)(F)F)CN(Cc8c6[nH]c6ccccc86)C7)c(OC)cc5N[C@H]4[C@@](O)(C(=O)OC)[C@@H]1OC(C)=O)C32. The molecule has 14 heteroatoms. The molecule has 0 amide bonds. The number of nitrogens with one attached hydrogen (secondary N) is 2. The number of H-pyrrole nitrogens is 1. The number of ether oxygens (including phenoxy) is 4. The number of anilines is 1. The highest BCUT2D eigenvalue weighted by Gasteiger charge is 2.79. The second-order valence-corrected chi connectivity index (χ2v) is 17.6. The summed E-state index contributed by atoms with van der Waals surface area (Å²) in [6.07, 6.45) is 3.99. The number of hydrogen-bond donors (Lipinski definition) is 3. The fourth-order valence-corrected chi connectivity index (χ4v) is 12.7. The van der Waals surface area contributed by atoms with E-state index < -0.39 is 63.7 Å². The highest BCUT2D eigenvalue weighted by Crippen LogP contribution is 2.67. The van der Waals surface area contributed by atoms with Gasteiger partial charge in [0.1, 0.15) is 11.2 Å². The van der Waals surface area contributed by atoms with Gasteiger partial charge in [0.05, 0.1) is 27.4 Å². The number of para-hydroxylation sites is 1. The minimum Gasteiger partial charge on any atom is -0.496 e. The summed E-state index contributed by atoms with van der Waals surface area (Å²) >= 11 is 0. The molecular weight excluding hydrogens is 750 g/mol. The third-order valence-electron chi connectivity index (χ3n) is 14.9. The van der Waals surface area contributed by atoms with Gasteiger partial charge in [-0.15, -0.1) is 0 Å². The smallest absolute Gasteiger partial charge is 0.344 e. The van der Waals surface area contributed by atoms with E-state index in [-0.39, 0.29) is 31.3 Å². The third-order valence-corrected chi connectivity index (χ3v) is 14.9. The van der Waals surface area contributed by atoms with Gasteiger partial charge in [-0.25, -0.2) is 13.6 Å². The summed E-state index contributed by atoms with van der Waals surface area (Å²) in [5, 5.41) is 17.5. The second-order valence-electron chi connectivity index (χ2n) is 17.6. The van der Waals surface area contributed by atoms with Crippen LogP contribution < -0.4 is 10.1 Å². The standard InChI is InChI=1S/C44H52F2N4O8/c1-7-41-13-10-15-50-16-14-42(36(41)50)29-18-30(33(55-4)19-32(29)48-35(42)44(54,39(53)57-6)37(41)58-24(2)51)43(38(52)56-5)20-25-17-26(40(3,45)46)22-49(21-25)23-28-27-11-8-9-12-31(27)47-34(28)43/h8-13,18-19,25-26,35-37,47-48,54H,7,14-17,20-23H2,1-6H3/t25-,26-,35-,36?,37-,41-,42+,43+,44+/m1/s1. The Kier molecular flexibility index (Phi) is 8.89. The maximum absolute atomic E-state index is 15.3. The summed E-state index contributed by atoms with van der Waals surface area (Å²) in [7, 11) is 4.08. The average molecular weight is 803 g/mol. The van der Waals surface area contributed by atoms with Gasteiger partial charge in [-0.3, -0.25) is 19.4 Å². The van der Waals surface area contributed by atoms with E-state index in [1.165, 1.54) is 28.3 Å². The van der Waals surface area contributed by atoms with Crippen LogP contribution in [0.3, 0.4) is 0 Å². The molecule has 1 saturated carbocycles. The summed E-state index contributed by atoms with van der Waals surface area (Å²) in [4.78, 5) is 50.2. The number of aliphatic hydroxyl groups is 1. The maximum Gasteiger partial charge on any atom is 0.344 e. The zero-order chi connectivity index (χ0) is 41.2. The molecule has 58 heavy (non-hydrogen) atoms. The number of carbonyl (C=O) groups excluding carboxylic acids is 3. The Bertz CT molecular complexity index is 2240. The molecule has 1 spiro atoms. The van der Waals surface area contributed by atoms with Crippen molar-refractivity contribution >= 4 is 34.5 Å². The Morgan fingerprint density at radius 2 is 1.81 bits per heavy atom. The number of aromatic amines is 1. The lowest BCUT2D eigenvalue weighted by atomic mass is 9.47. The molecule has 9 rings (SSSR count). The van der Waals surface area contributed by atoms with Crippen LogP contribution in [0.25, 0.3) is 10.9 Å². The van der Waals surface area contributed by atoms with Crippen molar-refractivity contribution in [2.45, 2.75) is 93.5 Å². The molecule has 2 aromatic carbocycles. The number of benzene rings is 2. The third kappa shape index (κ3) is 5.03. The number of carbonyl (C=O) groups is 3. The number of halogens is 2. The monoisotopic (exact) mass is 802 g/mol. The summed E-state index contributed by atoms with van der Waals surface area (Å²) in [5.74, 6) is -5.97. The molecule has 1 aromatic heterocycles. The van der Waals surface area contributed by atoms with Crippen molar-refractivity contribution in [3.63, 3.8) is 0 Å². The quantitative estimate of drug-likeness (QED) is 0.168. The van der Waals surface area contributed by atoms with Crippen molar-refractivity contribution in [2.75, 3.05) is 52.8 Å². The molecule has 3 N–H and O–H groups in total. The predicted molar refractivity (Wildman–Crippen MR) is 210 cm³/mol. The van der Waals surface area contributed by atoms with Gasteiger partial charge < -0.3 is 34.4 Å². The molecule has 6 aliphatic rings. The Morgan fingerprint density at radius 3 is 2.50 bits per heavy atom. The molecule has 12 nitrogen and oxygen atoms in total. The van der Waals surface area contributed by atoms with E-state index in [9.17, 15) is 14.7 Å². The molecule has 3 fully saturated rings. The first kappa shape index (κ1) is 39.0. The number of piperidine rings is 1. The lowest BCUT2D eigenvalue weighted by molar-refractivity contribution is -0.226. The number of alkyl halides is 2. The van der Waals surface area contributed by atoms with Crippen LogP contribution in [-0.4, -0.2) is 115 Å². The molecule has 310 valence electrons. The van der Waals surface area contributed by atoms with Crippen LogP contribution >= 0.6 is 0 Å². The zero-order valence-electron chi connectivity index (χ0n) is 33.8. The predicted octanol–water partition coefficient (Wildman–Crippen LogP) is 5.05. The number of aromatic nitrogens is 1. The van der Waals surface area contributed by atoms with E-state index >= 15 is 13.6 Å². The lowest BCUT2D eigenvalue weighted by Gasteiger charge is -2.62. The normalized spacial score (nSPS) is 36.0. The largest absolute Gasteiger partial charge is 0.496 e. The van der Waals surface area contributed by atoms with Gasteiger partial charge in [0.15, 0.2) is 6.10 Å². The van der Waals surface area contributed by atoms with Crippen LogP contribution in [0.1, 0.15) is 68.8 Å². The van der Waals surface area contributed by atoms with Gasteiger partial charge in [-0.2, -0.15) is 0 Å². The van der Waals surface area contributed by atoms with Gasteiger partial charge in [0.25, 0.3) is 0 Å². The van der Waals surface area contributed by atoms with Gasteiger partial charge in [-0.1, -0.05) is 37.3 Å². The Hall–Kier alpha value is -4.53. The summed E-state index contributed by atoms with van der Waals surface area (Å²) in [5.41, 5.74) is -1.80. The summed E-state index contributed by atoms with van der Waals surface area (Å²) < 4.78 is 54.0. The highest BCUT2D eigenvalue weighted by molar-refractivity contribution is 5.95. The van der Waals surface area contributed by atoms with E-state index in [1.807, 2.05) is 55.5 Å². The zero-order valence-corrected chi connectivity index (χ0v) is 33.8. The van der Waals surface area contributed by atoms with E-state index in [2.05, 4.69) is 20.1 Å². The van der Waals surface area contributed by atoms with Crippen molar-refractivity contribution in [1.29, 1.82) is 0 Å². The Morgan fingerprint density at radius 1 is 1.05 bits per heavy atom. The van der Waals surface area contributed by atoms with Crippen LogP contribution in [0, 0.1) is 17.3 Å². The topological polar surface area (TPSA) is 143 Å². The Balaban J connectivity index is 1.34. The van der Waals surface area contributed by atoms with Crippen molar-refractivity contribution in [2.24, 2.45) is 17.3 Å². The summed E-state index contributed by atoms with van der Waals surface area (Å²) in [6, 6.07) is 10.2. The van der Waals surface area contributed by atoms with Gasteiger partial charge in [0, 0.05) is 89.8 Å². The first-order valence-electron chi connectivity index (χ1n) is 20.3. The van der Waals surface area contributed by atoms with Crippen molar-refractivity contribution in [3.8, 4) is 5.75 Å². The summed E-state index contributed by atoms with van der Waals surface area (Å²) in [6.45, 7) is 6.51. The first-order valence-corrected chi connectivity index (χ1v) is 20.3. The molecule has 6 heterocycles. The first-order chi connectivity index (χ1) is 27.6. The maximum atomic E-state index is 15.3. The number of rotatable bonds is 7. The van der Waals surface area contributed by atoms with E-state index in [0.29, 0.717) is 61.7 Å². The van der Waals surface area contributed by atoms with E-state index in [0.717, 1.165) is 29.0 Å². The van der Waals surface area contributed by atoms with E-state index in [1.54, 1.807) is 0 Å². The Labute approximate surface area is 336 Å². The highest BCUT2D eigenvalue weighted by atomic mass is 19.3. The molecule has 2 unspecified atom stereocenters. The van der Waals surface area contributed by atoms with Crippen LogP contribution in [0.4, 0.5) is 14.5 Å². The molecule has 2 bridgehead atoms. The van der Waals surface area contributed by atoms with Crippen molar-refractivity contribution < 1.29 is 47.2 Å². The van der Waals surface area contributed by atoms with Gasteiger partial charge in [-0.05, 0) is 68.3 Å². The number of methoxy groups -OCH3 is 3. The molecule has 0 radical (unpaired) electrons. The molecule has 10 atom stereocenters. The van der Waals surface area contributed by atoms with Crippen LogP contribution in [-0.2, 0) is 46.0 Å². The number of fused-ring (bicyclic) bond motifs is 6. The molecule has 2 saturated heterocycles. The second kappa shape index (κ2) is 13.2. The molecular formula is C44H52F2N4O8. The van der Waals surface area contributed by atoms with Crippen LogP contribution in [0.2, 0.25) is 0 Å². The van der Waals surface area contributed by atoms with Crippen LogP contribution in [0.5, 0.6) is 5.75 Å². The van der Waals surface area contributed by atoms with E-state index in [4.69, 9.17) is 18.9 Å². The number of hydrogen-bond acceptors (Lipinski definition) is 11. The van der Waals surface area contributed by atoms with Gasteiger partial charge >= 0.3 is 17.9 Å². The minimum atomic E-state index is -2.94. The molecule has 3 aromatic rings. The van der Waals surface area contributed by atoms with Crippen molar-refractivity contribution in [3.05, 3.63) is 70.9 Å². The fourth-order valence-electron chi connectivity index (χ4n) is 12.7. The lowest BCUT2D eigenvalue weighted by Crippen LogP contribution is -2.80. The van der Waals surface area contributed by atoms with Crippen LogP contribution in [0.15, 0.2) is 48.6 Å². The average Bonchev–Trinajstić information content (AvgIpc) is 3.89. The molecule has 5 aliphatic heterocycles.